The number of hydrogen-bond donors (Lipinski definition) is 2. The lowest BCUT2D eigenvalue weighted by molar-refractivity contribution is -0.123. The molecule has 1 aliphatic heterocycles. The number of hydrogen-bond acceptors (Lipinski definition) is 4. The summed E-state index contributed by atoms with van der Waals surface area (Å²) in [5, 5.41) is 3.13. The van der Waals surface area contributed by atoms with Crippen LogP contribution in [0.25, 0.3) is 11.0 Å². The molecule has 0 bridgehead atoms. The van der Waals surface area contributed by atoms with Crippen LogP contribution < -0.4 is 5.32 Å². The Labute approximate surface area is 186 Å². The summed E-state index contributed by atoms with van der Waals surface area (Å²) in [5.74, 6) is 1.16. The van der Waals surface area contributed by atoms with Crippen molar-refractivity contribution in [3.05, 3.63) is 52.0 Å². The molecular formula is C24H28N4O2S. The highest BCUT2D eigenvalue weighted by atomic mass is 32.1. The third kappa shape index (κ3) is 3.76. The third-order valence-corrected chi connectivity index (χ3v) is 7.91. The highest BCUT2D eigenvalue weighted by Crippen LogP contribution is 2.47. The van der Waals surface area contributed by atoms with Gasteiger partial charge < -0.3 is 15.2 Å². The van der Waals surface area contributed by atoms with E-state index in [1.165, 1.54) is 11.3 Å². The van der Waals surface area contributed by atoms with Gasteiger partial charge in [0, 0.05) is 28.8 Å². The smallest absolute Gasteiger partial charge is 0.264 e. The van der Waals surface area contributed by atoms with Crippen molar-refractivity contribution in [2.24, 2.45) is 5.92 Å². The summed E-state index contributed by atoms with van der Waals surface area (Å²) in [6.07, 6.45) is 2.91. The third-order valence-electron chi connectivity index (χ3n) is 6.66. The second-order valence-electron chi connectivity index (χ2n) is 9.39. The minimum absolute atomic E-state index is 0.0468. The van der Waals surface area contributed by atoms with E-state index in [0.717, 1.165) is 52.4 Å². The topological polar surface area (TPSA) is 78.1 Å². The van der Waals surface area contributed by atoms with E-state index >= 15 is 0 Å². The van der Waals surface area contributed by atoms with Gasteiger partial charge in [0.05, 0.1) is 22.0 Å². The van der Waals surface area contributed by atoms with Crippen molar-refractivity contribution >= 4 is 34.2 Å². The number of nitrogens with one attached hydrogen (secondary N) is 2. The average Bonchev–Trinajstić information content (AvgIpc) is 3.06. The molecule has 1 unspecified atom stereocenters. The molecule has 2 amide bonds. The molecule has 1 saturated carbocycles. The molecular weight excluding hydrogens is 408 g/mol. The minimum Gasteiger partial charge on any atom is -0.349 e. The number of carbonyl (C=O) groups excluding carboxylic acids is 2. The Morgan fingerprint density at radius 3 is 2.81 bits per heavy atom. The van der Waals surface area contributed by atoms with Gasteiger partial charge in [-0.25, -0.2) is 4.98 Å². The van der Waals surface area contributed by atoms with E-state index < -0.39 is 0 Å². The number of nitrogens with zero attached hydrogens (tertiary/aromatic N) is 2. The fourth-order valence-corrected chi connectivity index (χ4v) is 5.60. The molecule has 2 aliphatic rings. The Morgan fingerprint density at radius 1 is 1.26 bits per heavy atom. The molecule has 0 spiro atoms. The molecule has 1 aliphatic carbocycles. The molecule has 3 aromatic rings. The minimum atomic E-state index is -0.123. The Balaban J connectivity index is 1.21. The molecule has 1 aromatic carbocycles. The molecule has 3 atom stereocenters. The molecule has 7 heteroatoms. The summed E-state index contributed by atoms with van der Waals surface area (Å²) in [7, 11) is 0. The van der Waals surface area contributed by atoms with Gasteiger partial charge in [-0.2, -0.15) is 0 Å². The number of amides is 2. The maximum Gasteiger partial charge on any atom is 0.264 e. The van der Waals surface area contributed by atoms with Crippen LogP contribution in [-0.2, 0) is 4.79 Å². The van der Waals surface area contributed by atoms with Crippen LogP contribution in [0.4, 0.5) is 0 Å². The quantitative estimate of drug-likeness (QED) is 0.613. The van der Waals surface area contributed by atoms with Crippen LogP contribution in [0.1, 0.15) is 72.4 Å². The van der Waals surface area contributed by atoms with Gasteiger partial charge in [-0.05, 0) is 64.3 Å². The van der Waals surface area contributed by atoms with Crippen molar-refractivity contribution in [3.63, 3.8) is 0 Å². The summed E-state index contributed by atoms with van der Waals surface area (Å²) in [6, 6.07) is 11.7. The van der Waals surface area contributed by atoms with Crippen molar-refractivity contribution in [1.82, 2.24) is 20.2 Å². The van der Waals surface area contributed by atoms with Crippen molar-refractivity contribution in [3.8, 4) is 0 Å². The number of benzene rings is 1. The number of likely N-dealkylation sites (tertiary alicyclic amines) is 1. The predicted molar refractivity (Wildman–Crippen MR) is 122 cm³/mol. The second kappa shape index (κ2) is 7.48. The van der Waals surface area contributed by atoms with E-state index in [4.69, 9.17) is 0 Å². The lowest BCUT2D eigenvalue weighted by atomic mass is 10.0. The second-order valence-corrected chi connectivity index (χ2v) is 10.5. The Bertz CT molecular complexity index is 1110. The normalized spacial score (nSPS) is 23.1. The van der Waals surface area contributed by atoms with E-state index in [1.807, 2.05) is 48.2 Å². The Morgan fingerprint density at radius 2 is 2.06 bits per heavy atom. The average molecular weight is 437 g/mol. The maximum atomic E-state index is 13.0. The monoisotopic (exact) mass is 436 g/mol. The SMILES string of the molecule is C[C@@H](NC(=O)C1C[C@H]1c1nc2ccccc2[nH]1)c1ccc(C(=O)N2CCCC2(C)C)s1. The maximum absolute atomic E-state index is 13.0. The number of para-hydroxylation sites is 2. The van der Waals surface area contributed by atoms with Crippen LogP contribution >= 0.6 is 11.3 Å². The molecule has 3 heterocycles. The van der Waals surface area contributed by atoms with Gasteiger partial charge >= 0.3 is 0 Å². The standard InChI is InChI=1S/C24H28N4O2S/c1-14(19-9-10-20(31-19)23(30)28-12-6-11-24(28,2)3)25-22(29)16-13-15(16)21-26-17-7-4-5-8-18(17)27-21/h4-5,7-10,14-16H,6,11-13H2,1-3H3,(H,25,29)(H,26,27)/t14-,15-,16?/m1/s1. The highest BCUT2D eigenvalue weighted by molar-refractivity contribution is 7.14. The number of fused-ring (bicyclic) bond motifs is 1. The van der Waals surface area contributed by atoms with Crippen LogP contribution in [0.15, 0.2) is 36.4 Å². The van der Waals surface area contributed by atoms with E-state index in [1.54, 1.807) is 0 Å². The molecule has 0 radical (unpaired) electrons. The van der Waals surface area contributed by atoms with Crippen LogP contribution in [0.3, 0.4) is 0 Å². The molecule has 2 fully saturated rings. The number of aromatic nitrogens is 2. The zero-order valence-corrected chi connectivity index (χ0v) is 19.0. The van der Waals surface area contributed by atoms with E-state index in [0.29, 0.717) is 0 Å². The van der Waals surface area contributed by atoms with Gasteiger partial charge in [-0.3, -0.25) is 9.59 Å². The van der Waals surface area contributed by atoms with Gasteiger partial charge in [-0.1, -0.05) is 12.1 Å². The molecule has 1 saturated heterocycles. The molecule has 162 valence electrons. The predicted octanol–water partition coefficient (Wildman–Crippen LogP) is 4.62. The first-order chi connectivity index (χ1) is 14.8. The van der Waals surface area contributed by atoms with Crippen LogP contribution in [0.2, 0.25) is 0 Å². The van der Waals surface area contributed by atoms with Gasteiger partial charge in [0.1, 0.15) is 5.82 Å². The Kier molecular flexibility index (Phi) is 4.88. The van der Waals surface area contributed by atoms with Gasteiger partial charge in [0.2, 0.25) is 5.91 Å². The summed E-state index contributed by atoms with van der Waals surface area (Å²) < 4.78 is 0. The number of rotatable bonds is 5. The van der Waals surface area contributed by atoms with E-state index in [9.17, 15) is 9.59 Å². The van der Waals surface area contributed by atoms with Crippen LogP contribution in [0, 0.1) is 5.92 Å². The highest BCUT2D eigenvalue weighted by Gasteiger charge is 2.46. The van der Waals surface area contributed by atoms with E-state index in [2.05, 4.69) is 29.1 Å². The van der Waals surface area contributed by atoms with E-state index in [-0.39, 0.29) is 35.2 Å². The molecule has 31 heavy (non-hydrogen) atoms. The van der Waals surface area contributed by atoms with Crippen LogP contribution in [-0.4, -0.2) is 38.8 Å². The molecule has 5 rings (SSSR count). The van der Waals surface area contributed by atoms with Gasteiger partial charge in [-0.15, -0.1) is 11.3 Å². The number of H-pyrrole nitrogens is 1. The fraction of sp³-hybridized carbons (Fsp3) is 0.458. The largest absolute Gasteiger partial charge is 0.349 e. The first-order valence-electron chi connectivity index (χ1n) is 11.0. The van der Waals surface area contributed by atoms with Gasteiger partial charge in [0.25, 0.3) is 5.91 Å². The summed E-state index contributed by atoms with van der Waals surface area (Å²) in [6.45, 7) is 7.05. The van der Waals surface area contributed by atoms with Crippen molar-refractivity contribution < 1.29 is 9.59 Å². The molecule has 2 N–H and O–H groups in total. The first kappa shape index (κ1) is 20.2. The number of aromatic amines is 1. The van der Waals surface area contributed by atoms with Crippen molar-refractivity contribution in [1.29, 1.82) is 0 Å². The summed E-state index contributed by atoms with van der Waals surface area (Å²) >= 11 is 1.49. The molecule has 6 nitrogen and oxygen atoms in total. The summed E-state index contributed by atoms with van der Waals surface area (Å²) in [4.78, 5) is 37.5. The van der Waals surface area contributed by atoms with Gasteiger partial charge in [0.15, 0.2) is 0 Å². The first-order valence-corrected chi connectivity index (χ1v) is 11.8. The number of carbonyl (C=O) groups is 2. The lowest BCUT2D eigenvalue weighted by Gasteiger charge is -2.31. The molecule has 2 aromatic heterocycles. The fourth-order valence-electron chi connectivity index (χ4n) is 4.64. The summed E-state index contributed by atoms with van der Waals surface area (Å²) in [5.41, 5.74) is 1.86. The zero-order chi connectivity index (χ0) is 21.8. The van der Waals surface area contributed by atoms with Crippen molar-refractivity contribution in [2.75, 3.05) is 6.54 Å². The Hall–Kier alpha value is -2.67. The zero-order valence-electron chi connectivity index (χ0n) is 18.1. The number of imidazole rings is 1. The van der Waals surface area contributed by atoms with Crippen molar-refractivity contribution in [2.45, 2.75) is 57.5 Å². The number of thiophene rings is 1. The lowest BCUT2D eigenvalue weighted by Crippen LogP contribution is -2.42. The van der Waals surface area contributed by atoms with Crippen LogP contribution in [0.5, 0.6) is 0 Å².